The predicted octanol–water partition coefficient (Wildman–Crippen LogP) is -3.79. The molecule has 9 amide bonds. The van der Waals surface area contributed by atoms with Crippen LogP contribution >= 0.6 is 0 Å². The Balaban J connectivity index is 1.34. The molecule has 6 aliphatic rings. The second-order valence-electron chi connectivity index (χ2n) is 19.4. The Morgan fingerprint density at radius 1 is 0.819 bits per heavy atom. The van der Waals surface area contributed by atoms with Gasteiger partial charge >= 0.3 is 5.97 Å². The number of rotatable bonds is 5. The van der Waals surface area contributed by atoms with Crippen LogP contribution in [0, 0.1) is 5.92 Å². The molecule has 6 heterocycles. The van der Waals surface area contributed by atoms with Gasteiger partial charge in [-0.15, -0.1) is 0 Å². The number of fused-ring (bicyclic) bond motifs is 4. The van der Waals surface area contributed by atoms with Crippen LogP contribution < -0.4 is 62.6 Å². The van der Waals surface area contributed by atoms with E-state index >= 15 is 0 Å². The fourth-order valence-corrected chi connectivity index (χ4v) is 10.3. The van der Waals surface area contributed by atoms with E-state index in [1.165, 1.54) is 19.9 Å². The molecule has 1 saturated heterocycles. The third-order valence-electron chi connectivity index (χ3n) is 14.3. The summed E-state index contributed by atoms with van der Waals surface area (Å²) < 4.78 is 13.5. The topological polar surface area (TPSA) is 370 Å². The van der Waals surface area contributed by atoms with Crippen molar-refractivity contribution in [3.63, 3.8) is 0 Å². The van der Waals surface area contributed by atoms with Gasteiger partial charge < -0.3 is 78.0 Å². The summed E-state index contributed by atoms with van der Waals surface area (Å²) >= 11 is 0. The average Bonchev–Trinajstić information content (AvgIpc) is 4.01. The van der Waals surface area contributed by atoms with E-state index in [1.807, 2.05) is 0 Å². The standard InChI is InChI=1S/C47H58N10O15/c1-5-46(4)37(44(69)70)55-32(61)17-48-31(60)16-49-39(64)27-15-47-23-7-6-8-29(72-46)33(23)57-45(47)71-36-22-11-19(2)12-26(52-40(65)25-9-10-30(59)51-25)41(66)56-34(35(62)21(13-22)14-24(36)47)43(68)54-28(18-58)42(67)50-20(3)38(63)53-27/h6-8,13-14,19-20,25-28,34-35,37,45,57-58,62H,5,9-12,15-18H2,1-4H3,(H,48,60)(H,49,64)(H,50,67)(H,51,59)(H,52,65)(H,53,63)(H,54,68)(H,55,61)(H,56,66)(H,69,70)/t19-,20-,25?,26-,27-,28?,34-,35+,37+,45+,46+,47-/m0/s1. The van der Waals surface area contributed by atoms with Gasteiger partial charge in [-0.3, -0.25) is 43.2 Å². The molecule has 386 valence electrons. The number of amides is 9. The first-order valence-corrected chi connectivity index (χ1v) is 23.8. The minimum absolute atomic E-state index is 0.0291. The number of aliphatic hydroxyl groups excluding tert-OH is 2. The molecule has 2 unspecified atom stereocenters. The van der Waals surface area contributed by atoms with Gasteiger partial charge in [0.1, 0.15) is 59.5 Å². The number of carbonyl (C=O) groups excluding carboxylic acids is 9. The first-order chi connectivity index (χ1) is 34.2. The molecule has 13 N–H and O–H groups in total. The molecule has 1 fully saturated rings. The van der Waals surface area contributed by atoms with Crippen LogP contribution in [0.5, 0.6) is 11.5 Å². The zero-order valence-electron chi connectivity index (χ0n) is 39.8. The molecule has 72 heavy (non-hydrogen) atoms. The van der Waals surface area contributed by atoms with Crippen molar-refractivity contribution in [1.82, 2.24) is 47.9 Å². The van der Waals surface area contributed by atoms with E-state index in [1.54, 1.807) is 38.1 Å². The summed E-state index contributed by atoms with van der Waals surface area (Å²) in [7, 11) is 0. The maximum absolute atomic E-state index is 14.6. The first kappa shape index (κ1) is 50.8. The summed E-state index contributed by atoms with van der Waals surface area (Å²) in [5.41, 5.74) is -1.78. The SMILES string of the molecule is CC[C@@]1(C)Oc2cccc3c2N[C@@H]2Oc4c5cc6cc4[C@]32C[C@H](NC(=O)[C@H](C)NC(=O)C(CO)NC(=O)[C@@H](NC(=O)[C@@H](NC(=O)C2CCC(=O)N2)C[C@@H](C)C5)[C@@H]6O)C(=O)NCC(=O)NCC(=O)N[C@@H]1C(=O)O. The quantitative estimate of drug-likeness (QED) is 0.137. The van der Waals surface area contributed by atoms with Crippen molar-refractivity contribution in [2.24, 2.45) is 5.92 Å². The van der Waals surface area contributed by atoms with Crippen LogP contribution in [0.4, 0.5) is 5.69 Å². The molecule has 1 spiro atoms. The number of hydrogen-bond donors (Lipinski definition) is 13. The second-order valence-corrected chi connectivity index (χ2v) is 19.4. The molecule has 25 heteroatoms. The van der Waals surface area contributed by atoms with Gasteiger partial charge in [-0.1, -0.05) is 26.0 Å². The Kier molecular flexibility index (Phi) is 14.1. The molecule has 0 saturated carbocycles. The van der Waals surface area contributed by atoms with Crippen LogP contribution in [0.25, 0.3) is 0 Å². The number of carbonyl (C=O) groups is 10. The van der Waals surface area contributed by atoms with Gasteiger partial charge in [0.05, 0.1) is 30.8 Å². The Bertz CT molecular complexity index is 2630. The number of aliphatic carboxylic acids is 1. The van der Waals surface area contributed by atoms with Gasteiger partial charge in [0.2, 0.25) is 53.2 Å². The number of carboxylic acids is 1. The number of para-hydroxylation sites is 1. The summed E-state index contributed by atoms with van der Waals surface area (Å²) in [6, 6.07) is -2.70. The second kappa shape index (κ2) is 19.9. The predicted molar refractivity (Wildman–Crippen MR) is 247 cm³/mol. The molecule has 0 aromatic heterocycles. The molecule has 25 nitrogen and oxygen atoms in total. The van der Waals surface area contributed by atoms with Gasteiger partial charge in [-0.2, -0.15) is 0 Å². The van der Waals surface area contributed by atoms with E-state index in [0.29, 0.717) is 16.7 Å². The number of hydrogen-bond acceptors (Lipinski definition) is 15. The maximum atomic E-state index is 14.6. The van der Waals surface area contributed by atoms with Crippen LogP contribution in [0.2, 0.25) is 0 Å². The lowest BCUT2D eigenvalue weighted by atomic mass is 9.70. The highest BCUT2D eigenvalue weighted by atomic mass is 16.5. The summed E-state index contributed by atoms with van der Waals surface area (Å²) in [5.74, 6) is -9.25. The average molecular weight is 1000 g/mol. The van der Waals surface area contributed by atoms with E-state index in [0.717, 1.165) is 0 Å². The molecule has 8 rings (SSSR count). The lowest BCUT2D eigenvalue weighted by molar-refractivity contribution is -0.148. The fraction of sp³-hybridized carbons (Fsp3) is 0.532. The van der Waals surface area contributed by atoms with E-state index in [9.17, 15) is 63.3 Å². The maximum Gasteiger partial charge on any atom is 0.330 e. The van der Waals surface area contributed by atoms with Gasteiger partial charge in [-0.05, 0) is 86.8 Å². The highest BCUT2D eigenvalue weighted by Crippen LogP contribution is 2.60. The van der Waals surface area contributed by atoms with Crippen molar-refractivity contribution in [3.05, 3.63) is 52.6 Å². The largest absolute Gasteiger partial charge is 0.483 e. The molecule has 2 aromatic rings. The Hall–Kier alpha value is -7.54. The van der Waals surface area contributed by atoms with Crippen molar-refractivity contribution >= 4 is 64.8 Å². The van der Waals surface area contributed by atoms with E-state index in [2.05, 4.69) is 53.2 Å². The molecule has 0 aliphatic carbocycles. The molecule has 6 aliphatic heterocycles. The lowest BCUT2D eigenvalue weighted by Crippen LogP contribution is -2.61. The smallest absolute Gasteiger partial charge is 0.330 e. The number of aliphatic hydroxyl groups is 2. The summed E-state index contributed by atoms with van der Waals surface area (Å²) in [6.45, 7) is 3.80. The third kappa shape index (κ3) is 9.64. The number of carboxylic acid groups (broad SMARTS) is 1. The van der Waals surface area contributed by atoms with Crippen LogP contribution in [0.1, 0.15) is 88.2 Å². The zero-order chi connectivity index (χ0) is 52.0. The number of benzene rings is 2. The summed E-state index contributed by atoms with van der Waals surface area (Å²) in [5, 5.41) is 59.3. The molecular formula is C47H58N10O15. The minimum atomic E-state index is -1.94. The van der Waals surface area contributed by atoms with Crippen LogP contribution in [-0.2, 0) is 59.8 Å². The number of nitrogens with one attached hydrogen (secondary N) is 10. The zero-order valence-corrected chi connectivity index (χ0v) is 39.8. The molecule has 12 atom stereocenters. The third-order valence-corrected chi connectivity index (χ3v) is 14.3. The highest BCUT2D eigenvalue weighted by molar-refractivity contribution is 5.98. The minimum Gasteiger partial charge on any atom is -0.483 e. The van der Waals surface area contributed by atoms with Gasteiger partial charge in [0.15, 0.2) is 12.3 Å². The fourth-order valence-electron chi connectivity index (χ4n) is 10.3. The van der Waals surface area contributed by atoms with Crippen molar-refractivity contribution in [2.75, 3.05) is 25.0 Å². The Labute approximate surface area is 411 Å². The monoisotopic (exact) mass is 1000 g/mol. The lowest BCUT2D eigenvalue weighted by Gasteiger charge is -2.36. The van der Waals surface area contributed by atoms with Crippen molar-refractivity contribution < 1.29 is 72.7 Å². The van der Waals surface area contributed by atoms with Crippen molar-refractivity contribution in [2.45, 2.75) is 132 Å². The van der Waals surface area contributed by atoms with Crippen LogP contribution in [0.3, 0.4) is 0 Å². The normalized spacial score (nSPS) is 32.9. The van der Waals surface area contributed by atoms with Crippen molar-refractivity contribution in [3.8, 4) is 11.5 Å². The Morgan fingerprint density at radius 3 is 2.26 bits per heavy atom. The number of anilines is 1. The van der Waals surface area contributed by atoms with Crippen LogP contribution in [0.15, 0.2) is 30.3 Å². The van der Waals surface area contributed by atoms with Gasteiger partial charge in [0.25, 0.3) is 0 Å². The van der Waals surface area contributed by atoms with E-state index in [4.69, 9.17) is 9.47 Å². The summed E-state index contributed by atoms with van der Waals surface area (Å²) in [4.78, 5) is 136. The molecule has 9 bridgehead atoms. The molecular weight excluding hydrogens is 945 g/mol. The van der Waals surface area contributed by atoms with E-state index < -0.39 is 144 Å². The van der Waals surface area contributed by atoms with Crippen LogP contribution in [-0.4, -0.2) is 148 Å². The Morgan fingerprint density at radius 2 is 1.57 bits per heavy atom. The van der Waals surface area contributed by atoms with Gasteiger partial charge in [0, 0.05) is 12.0 Å². The number of ether oxygens (including phenoxy) is 2. The summed E-state index contributed by atoms with van der Waals surface area (Å²) in [6.07, 6.45) is -3.13. The first-order valence-electron chi connectivity index (χ1n) is 23.8. The molecule has 0 radical (unpaired) electrons. The van der Waals surface area contributed by atoms with Crippen molar-refractivity contribution in [1.29, 1.82) is 0 Å². The highest BCUT2D eigenvalue weighted by Gasteiger charge is 2.59. The van der Waals surface area contributed by atoms with Gasteiger partial charge in [-0.25, -0.2) is 4.79 Å². The van der Waals surface area contributed by atoms with E-state index in [-0.39, 0.29) is 67.2 Å². The molecule has 2 aromatic carbocycles.